The molecule has 0 N–H and O–H groups in total. The Morgan fingerprint density at radius 1 is 1.10 bits per heavy atom. The lowest BCUT2D eigenvalue weighted by molar-refractivity contribution is -0.159. The zero-order chi connectivity index (χ0) is 15.2. The van der Waals surface area contributed by atoms with E-state index in [2.05, 4.69) is 11.9 Å². The fourth-order valence-corrected chi connectivity index (χ4v) is 3.42. The number of carbonyl (C=O) groups excluding carboxylic acids is 2. The highest BCUT2D eigenvalue weighted by molar-refractivity contribution is 5.98. The van der Waals surface area contributed by atoms with E-state index < -0.39 is 5.92 Å². The van der Waals surface area contributed by atoms with Crippen LogP contribution in [0.4, 0.5) is 0 Å². The molecule has 0 aromatic carbocycles. The summed E-state index contributed by atoms with van der Waals surface area (Å²) in [6, 6.07) is 0. The Bertz CT molecular complexity index is 359. The van der Waals surface area contributed by atoms with Crippen LogP contribution in [-0.2, 0) is 14.3 Å². The number of amides is 1. The van der Waals surface area contributed by atoms with Gasteiger partial charge in [-0.2, -0.15) is 0 Å². The number of likely N-dealkylation sites (N-methyl/N-ethyl adjacent to an activating group) is 1. The third kappa shape index (κ3) is 4.19. The van der Waals surface area contributed by atoms with Crippen LogP contribution in [0.2, 0.25) is 0 Å². The molecule has 1 saturated carbocycles. The molecule has 1 heterocycles. The van der Waals surface area contributed by atoms with Gasteiger partial charge >= 0.3 is 5.97 Å². The van der Waals surface area contributed by atoms with Crippen molar-refractivity contribution < 1.29 is 14.3 Å². The molecule has 1 saturated heterocycles. The number of hydrogen-bond acceptors (Lipinski definition) is 4. The number of nitrogens with zero attached hydrogens (tertiary/aromatic N) is 2. The molecule has 1 aliphatic carbocycles. The summed E-state index contributed by atoms with van der Waals surface area (Å²) in [5, 5.41) is 0. The van der Waals surface area contributed by atoms with Gasteiger partial charge < -0.3 is 14.5 Å². The Morgan fingerprint density at radius 2 is 1.71 bits per heavy atom. The first-order valence-electron chi connectivity index (χ1n) is 8.27. The van der Waals surface area contributed by atoms with Crippen LogP contribution in [0.3, 0.4) is 0 Å². The molecular formula is C16H28N2O3. The molecule has 2 fully saturated rings. The Balaban J connectivity index is 2.06. The van der Waals surface area contributed by atoms with Gasteiger partial charge in [-0.3, -0.25) is 9.59 Å². The summed E-state index contributed by atoms with van der Waals surface area (Å²) in [5.74, 6) is -0.722. The molecule has 0 spiro atoms. The van der Waals surface area contributed by atoms with Crippen LogP contribution in [0.1, 0.15) is 39.0 Å². The average Bonchev–Trinajstić information content (AvgIpc) is 2.49. The molecule has 5 heteroatoms. The van der Waals surface area contributed by atoms with Gasteiger partial charge in [-0.1, -0.05) is 19.3 Å². The molecule has 5 nitrogen and oxygen atoms in total. The maximum Gasteiger partial charge on any atom is 0.318 e. The van der Waals surface area contributed by atoms with Crippen molar-refractivity contribution in [3.05, 3.63) is 0 Å². The first-order chi connectivity index (χ1) is 10.1. The monoisotopic (exact) mass is 296 g/mol. The van der Waals surface area contributed by atoms with Crippen molar-refractivity contribution in [3.63, 3.8) is 0 Å². The highest BCUT2D eigenvalue weighted by Gasteiger charge is 2.39. The second-order valence-electron chi connectivity index (χ2n) is 6.26. The highest BCUT2D eigenvalue weighted by atomic mass is 16.5. The molecular weight excluding hydrogens is 268 g/mol. The molecule has 0 bridgehead atoms. The minimum absolute atomic E-state index is 0.00606. The molecule has 0 aromatic rings. The molecule has 120 valence electrons. The molecule has 0 unspecified atom stereocenters. The smallest absolute Gasteiger partial charge is 0.318 e. The Labute approximate surface area is 127 Å². The van der Waals surface area contributed by atoms with Crippen LogP contribution in [0.15, 0.2) is 0 Å². The van der Waals surface area contributed by atoms with Gasteiger partial charge in [0.1, 0.15) is 5.92 Å². The summed E-state index contributed by atoms with van der Waals surface area (Å²) in [6.45, 7) is 5.35. The zero-order valence-electron chi connectivity index (χ0n) is 13.3. The summed E-state index contributed by atoms with van der Waals surface area (Å²) in [4.78, 5) is 29.2. The van der Waals surface area contributed by atoms with Crippen molar-refractivity contribution in [2.45, 2.75) is 39.0 Å². The summed E-state index contributed by atoms with van der Waals surface area (Å²) in [6.07, 6.45) is 5.41. The minimum Gasteiger partial charge on any atom is -0.465 e. The Morgan fingerprint density at radius 3 is 2.29 bits per heavy atom. The summed E-state index contributed by atoms with van der Waals surface area (Å²) >= 11 is 0. The first-order valence-corrected chi connectivity index (χ1v) is 8.27. The number of ether oxygens (including phenoxy) is 1. The zero-order valence-corrected chi connectivity index (χ0v) is 13.3. The topological polar surface area (TPSA) is 49.9 Å². The molecule has 21 heavy (non-hydrogen) atoms. The van der Waals surface area contributed by atoms with Gasteiger partial charge in [-0.05, 0) is 32.7 Å². The summed E-state index contributed by atoms with van der Waals surface area (Å²) < 4.78 is 5.19. The van der Waals surface area contributed by atoms with E-state index in [9.17, 15) is 9.59 Å². The van der Waals surface area contributed by atoms with E-state index in [4.69, 9.17) is 4.74 Å². The molecule has 2 aliphatic rings. The van der Waals surface area contributed by atoms with Gasteiger partial charge in [0.25, 0.3) is 0 Å². The maximum absolute atomic E-state index is 12.8. The van der Waals surface area contributed by atoms with Gasteiger partial charge in [0.15, 0.2) is 0 Å². The number of rotatable bonds is 4. The van der Waals surface area contributed by atoms with Crippen molar-refractivity contribution in [1.29, 1.82) is 0 Å². The van der Waals surface area contributed by atoms with E-state index in [1.807, 2.05) is 4.90 Å². The van der Waals surface area contributed by atoms with E-state index in [0.717, 1.165) is 51.9 Å². The van der Waals surface area contributed by atoms with Gasteiger partial charge in [0, 0.05) is 26.2 Å². The van der Waals surface area contributed by atoms with E-state index >= 15 is 0 Å². The third-order valence-corrected chi connectivity index (χ3v) is 4.74. The normalized spacial score (nSPS) is 22.9. The largest absolute Gasteiger partial charge is 0.465 e. The van der Waals surface area contributed by atoms with Crippen LogP contribution in [0.5, 0.6) is 0 Å². The summed E-state index contributed by atoms with van der Waals surface area (Å²) in [7, 11) is 2.06. The van der Waals surface area contributed by atoms with Crippen molar-refractivity contribution >= 4 is 11.9 Å². The van der Waals surface area contributed by atoms with Gasteiger partial charge in [0.05, 0.1) is 6.61 Å². The average molecular weight is 296 g/mol. The molecule has 1 aliphatic heterocycles. The standard InChI is InChI=1S/C16H28N2O3/c1-3-21-16(20)14(13-7-5-4-6-8-13)15(19)18-11-9-17(2)10-12-18/h13-14H,3-12H2,1-2H3/t14-/m1/s1. The van der Waals surface area contributed by atoms with Gasteiger partial charge in [-0.25, -0.2) is 0 Å². The van der Waals surface area contributed by atoms with Crippen LogP contribution in [-0.4, -0.2) is 61.5 Å². The van der Waals surface area contributed by atoms with Crippen LogP contribution in [0, 0.1) is 11.8 Å². The van der Waals surface area contributed by atoms with Crippen LogP contribution >= 0.6 is 0 Å². The lowest BCUT2D eigenvalue weighted by atomic mass is 9.79. The molecule has 1 atom stereocenters. The molecule has 2 rings (SSSR count). The second kappa shape index (κ2) is 7.78. The number of carbonyl (C=O) groups is 2. The predicted octanol–water partition coefficient (Wildman–Crippen LogP) is 1.52. The van der Waals surface area contributed by atoms with Crippen LogP contribution in [0.25, 0.3) is 0 Å². The minimum atomic E-state index is -0.575. The Hall–Kier alpha value is -1.10. The van der Waals surface area contributed by atoms with E-state index in [0.29, 0.717) is 6.61 Å². The van der Waals surface area contributed by atoms with Crippen molar-refractivity contribution in [1.82, 2.24) is 9.80 Å². The summed E-state index contributed by atoms with van der Waals surface area (Å²) in [5.41, 5.74) is 0. The third-order valence-electron chi connectivity index (χ3n) is 4.74. The number of hydrogen-bond donors (Lipinski definition) is 0. The van der Waals surface area contributed by atoms with Crippen molar-refractivity contribution in [2.24, 2.45) is 11.8 Å². The maximum atomic E-state index is 12.8. The van der Waals surface area contributed by atoms with Gasteiger partial charge in [0.2, 0.25) is 5.91 Å². The SMILES string of the molecule is CCOC(=O)[C@@H](C(=O)N1CCN(C)CC1)C1CCCCC1. The van der Waals surface area contributed by atoms with Crippen molar-refractivity contribution in [2.75, 3.05) is 39.8 Å². The first kappa shape index (κ1) is 16.3. The second-order valence-corrected chi connectivity index (χ2v) is 6.26. The van der Waals surface area contributed by atoms with E-state index in [1.54, 1.807) is 6.92 Å². The van der Waals surface area contributed by atoms with Crippen LogP contribution < -0.4 is 0 Å². The van der Waals surface area contributed by atoms with Crippen molar-refractivity contribution in [3.8, 4) is 0 Å². The predicted molar refractivity (Wildman–Crippen MR) is 80.8 cm³/mol. The number of esters is 1. The molecule has 0 radical (unpaired) electrons. The van der Waals surface area contributed by atoms with Gasteiger partial charge in [-0.15, -0.1) is 0 Å². The lowest BCUT2D eigenvalue weighted by Crippen LogP contribution is -2.51. The van der Waals surface area contributed by atoms with E-state index in [1.165, 1.54) is 6.42 Å². The van der Waals surface area contributed by atoms with E-state index in [-0.39, 0.29) is 17.8 Å². The fourth-order valence-electron chi connectivity index (χ4n) is 3.42. The highest BCUT2D eigenvalue weighted by Crippen LogP contribution is 2.32. The quantitative estimate of drug-likeness (QED) is 0.583. The number of piperazine rings is 1. The molecule has 1 amide bonds. The lowest BCUT2D eigenvalue weighted by Gasteiger charge is -2.36. The Kier molecular flexibility index (Phi) is 6.03. The molecule has 0 aromatic heterocycles. The fraction of sp³-hybridized carbons (Fsp3) is 0.875.